The fourth-order valence-corrected chi connectivity index (χ4v) is 6.33. The Labute approximate surface area is 227 Å². The summed E-state index contributed by atoms with van der Waals surface area (Å²) in [7, 11) is -3.86. The van der Waals surface area contributed by atoms with E-state index in [1.54, 1.807) is 31.2 Å². The first-order valence-electron chi connectivity index (χ1n) is 13.0. The lowest BCUT2D eigenvalue weighted by Gasteiger charge is -2.48. The van der Waals surface area contributed by atoms with E-state index >= 15 is 0 Å². The lowest BCUT2D eigenvalue weighted by atomic mass is 9.60. The molecule has 0 aliphatic carbocycles. The molecule has 0 heterocycles. The van der Waals surface area contributed by atoms with Crippen LogP contribution in [0.25, 0.3) is 0 Å². The Morgan fingerprint density at radius 3 is 1.53 bits per heavy atom. The van der Waals surface area contributed by atoms with Crippen LogP contribution in [-0.4, -0.2) is 26.7 Å². The molecule has 1 unspecified atom stereocenters. The molecule has 0 aliphatic rings. The monoisotopic (exact) mass is 528 g/mol. The molecule has 0 radical (unpaired) electrons. The molecule has 4 rings (SSSR count). The van der Waals surface area contributed by atoms with Crippen LogP contribution in [0.1, 0.15) is 49.4 Å². The maximum Gasteiger partial charge on any atom is 0.297 e. The van der Waals surface area contributed by atoms with Crippen LogP contribution in [0.2, 0.25) is 0 Å². The van der Waals surface area contributed by atoms with E-state index in [4.69, 9.17) is 8.92 Å². The highest BCUT2D eigenvalue weighted by atomic mass is 32.2. The summed E-state index contributed by atoms with van der Waals surface area (Å²) < 4.78 is 37.7. The summed E-state index contributed by atoms with van der Waals surface area (Å²) >= 11 is 0. The van der Waals surface area contributed by atoms with Gasteiger partial charge in [0.15, 0.2) is 0 Å². The highest BCUT2D eigenvalue weighted by Crippen LogP contribution is 2.49. The van der Waals surface area contributed by atoms with Crippen molar-refractivity contribution in [2.75, 3.05) is 6.61 Å². The topological polar surface area (TPSA) is 52.6 Å². The van der Waals surface area contributed by atoms with Crippen LogP contribution in [0.4, 0.5) is 0 Å². The zero-order valence-corrected chi connectivity index (χ0v) is 23.3. The third-order valence-corrected chi connectivity index (χ3v) is 8.54. The van der Waals surface area contributed by atoms with Crippen molar-refractivity contribution in [2.24, 2.45) is 0 Å². The Balaban J connectivity index is 1.62. The second-order valence-electron chi connectivity index (χ2n) is 10.2. The molecule has 0 amide bonds. The molecule has 5 heteroatoms. The van der Waals surface area contributed by atoms with Crippen molar-refractivity contribution in [3.05, 3.63) is 138 Å². The molecule has 0 bridgehead atoms. The predicted octanol–water partition coefficient (Wildman–Crippen LogP) is 7.31. The first kappa shape index (κ1) is 27.8. The van der Waals surface area contributed by atoms with Crippen molar-refractivity contribution in [2.45, 2.75) is 56.1 Å². The Bertz CT molecular complexity index is 1300. The molecule has 0 spiro atoms. The first-order chi connectivity index (χ1) is 18.2. The summed E-state index contributed by atoms with van der Waals surface area (Å²) in [5.41, 5.74) is 3.03. The predicted molar refractivity (Wildman–Crippen MR) is 153 cm³/mol. The van der Waals surface area contributed by atoms with Gasteiger partial charge in [0.25, 0.3) is 10.1 Å². The molecule has 0 saturated carbocycles. The number of ether oxygens (including phenoxy) is 1. The second kappa shape index (κ2) is 11.6. The average Bonchev–Trinajstić information content (AvgIpc) is 2.91. The van der Waals surface area contributed by atoms with E-state index in [0.717, 1.165) is 22.3 Å². The van der Waals surface area contributed by atoms with Crippen molar-refractivity contribution in [1.82, 2.24) is 0 Å². The summed E-state index contributed by atoms with van der Waals surface area (Å²) in [4.78, 5) is 0.160. The van der Waals surface area contributed by atoms with E-state index < -0.39 is 27.2 Å². The lowest BCUT2D eigenvalue weighted by Crippen LogP contribution is -2.51. The molecule has 0 N–H and O–H groups in total. The Morgan fingerprint density at radius 2 is 1.11 bits per heavy atom. The van der Waals surface area contributed by atoms with Crippen LogP contribution in [0.5, 0.6) is 0 Å². The van der Waals surface area contributed by atoms with Crippen LogP contribution in [0.15, 0.2) is 120 Å². The summed E-state index contributed by atoms with van der Waals surface area (Å²) in [6, 6.07) is 37.9. The van der Waals surface area contributed by atoms with Gasteiger partial charge >= 0.3 is 0 Å². The van der Waals surface area contributed by atoms with Crippen LogP contribution >= 0.6 is 0 Å². The maximum atomic E-state index is 12.8. The van der Waals surface area contributed by atoms with Gasteiger partial charge in [-0.05, 0) is 62.9 Å². The summed E-state index contributed by atoms with van der Waals surface area (Å²) in [5.74, 6) is 0. The van der Waals surface area contributed by atoms with E-state index in [9.17, 15) is 8.42 Å². The molecular formula is C33H36O4S. The molecule has 4 aromatic rings. The zero-order chi connectivity index (χ0) is 27.2. The highest BCUT2D eigenvalue weighted by Gasteiger charge is 2.50. The number of hydrogen-bond acceptors (Lipinski definition) is 4. The number of hydrogen-bond donors (Lipinski definition) is 0. The minimum Gasteiger partial charge on any atom is -0.374 e. The molecular weight excluding hydrogens is 492 g/mol. The van der Waals surface area contributed by atoms with Crippen molar-refractivity contribution in [3.8, 4) is 0 Å². The SMILES string of the molecule is Cc1ccc(S(=O)(=O)OC(C)CCOC(C)(C)C(c2ccccc2)(c2ccccc2)c2ccccc2)cc1. The van der Waals surface area contributed by atoms with Gasteiger partial charge in [-0.25, -0.2) is 0 Å². The Morgan fingerprint density at radius 1 is 0.684 bits per heavy atom. The van der Waals surface area contributed by atoms with E-state index in [1.165, 1.54) is 0 Å². The third kappa shape index (κ3) is 5.75. The normalized spacial score (nSPS) is 13.3. The first-order valence-corrected chi connectivity index (χ1v) is 14.4. The smallest absolute Gasteiger partial charge is 0.297 e. The summed E-state index contributed by atoms with van der Waals surface area (Å²) in [5, 5.41) is 0. The molecule has 38 heavy (non-hydrogen) atoms. The van der Waals surface area contributed by atoms with Crippen molar-refractivity contribution in [1.29, 1.82) is 0 Å². The van der Waals surface area contributed by atoms with E-state index in [0.29, 0.717) is 13.0 Å². The molecule has 0 aliphatic heterocycles. The molecule has 0 saturated heterocycles. The summed E-state index contributed by atoms with van der Waals surface area (Å²) in [6.45, 7) is 8.22. The van der Waals surface area contributed by atoms with E-state index in [1.807, 2.05) is 25.1 Å². The standard InChI is InChI=1S/C33H36O4S/c1-26-20-22-31(23-21-26)38(34,35)37-27(2)24-25-36-32(3,4)33(28-14-8-5-9-15-28,29-16-10-6-11-17-29)30-18-12-7-13-19-30/h5-23,27H,24-25H2,1-4H3. The average molecular weight is 529 g/mol. The van der Waals surface area contributed by atoms with E-state index in [-0.39, 0.29) is 4.90 Å². The fraction of sp³-hybridized carbons (Fsp3) is 0.273. The maximum absolute atomic E-state index is 12.8. The van der Waals surface area contributed by atoms with Gasteiger partial charge in [0, 0.05) is 6.61 Å². The highest BCUT2D eigenvalue weighted by molar-refractivity contribution is 7.86. The van der Waals surface area contributed by atoms with Crippen molar-refractivity contribution in [3.63, 3.8) is 0 Å². The Hall–Kier alpha value is -3.25. The van der Waals surface area contributed by atoms with Gasteiger partial charge in [-0.1, -0.05) is 109 Å². The van der Waals surface area contributed by atoms with Crippen LogP contribution in [0.3, 0.4) is 0 Å². The third-order valence-electron chi connectivity index (χ3n) is 7.11. The van der Waals surface area contributed by atoms with Gasteiger partial charge in [0.05, 0.1) is 22.0 Å². The van der Waals surface area contributed by atoms with Gasteiger partial charge in [-0.15, -0.1) is 0 Å². The largest absolute Gasteiger partial charge is 0.374 e. The lowest BCUT2D eigenvalue weighted by molar-refractivity contribution is -0.0594. The number of benzene rings is 4. The van der Waals surface area contributed by atoms with Crippen molar-refractivity contribution < 1.29 is 17.3 Å². The van der Waals surface area contributed by atoms with Crippen molar-refractivity contribution >= 4 is 10.1 Å². The van der Waals surface area contributed by atoms with Crippen LogP contribution in [-0.2, 0) is 24.5 Å². The van der Waals surface area contributed by atoms with Gasteiger partial charge in [0.1, 0.15) is 0 Å². The molecule has 198 valence electrons. The Kier molecular flexibility index (Phi) is 8.51. The zero-order valence-electron chi connectivity index (χ0n) is 22.5. The molecule has 1 atom stereocenters. The minimum absolute atomic E-state index is 0.160. The minimum atomic E-state index is -3.86. The fourth-order valence-electron chi connectivity index (χ4n) is 5.22. The molecule has 4 nitrogen and oxygen atoms in total. The van der Waals surface area contributed by atoms with Gasteiger partial charge in [-0.3, -0.25) is 4.18 Å². The molecule has 0 aromatic heterocycles. The van der Waals surface area contributed by atoms with Gasteiger partial charge < -0.3 is 4.74 Å². The van der Waals surface area contributed by atoms with E-state index in [2.05, 4.69) is 86.6 Å². The quantitative estimate of drug-likeness (QED) is 0.151. The van der Waals surface area contributed by atoms with Crippen LogP contribution < -0.4 is 0 Å². The van der Waals surface area contributed by atoms with Gasteiger partial charge in [-0.2, -0.15) is 8.42 Å². The number of rotatable bonds is 11. The number of aryl methyl sites for hydroxylation is 1. The van der Waals surface area contributed by atoms with Gasteiger partial charge in [0.2, 0.25) is 0 Å². The second-order valence-corrected chi connectivity index (χ2v) is 11.7. The van der Waals surface area contributed by atoms with Crippen LogP contribution in [0, 0.1) is 6.92 Å². The summed E-state index contributed by atoms with van der Waals surface area (Å²) in [6.07, 6.45) is -0.125. The molecule has 0 fully saturated rings. The molecule has 4 aromatic carbocycles.